The molecule has 0 spiro atoms. The summed E-state index contributed by atoms with van der Waals surface area (Å²) in [6.45, 7) is 0. The average molecular weight is 1070 g/mol. The van der Waals surface area contributed by atoms with E-state index in [0.717, 1.165) is 0 Å². The normalized spacial score (nSPS) is 11.9. The maximum Gasteiger partial charge on any atom is 0.0355 e. The van der Waals surface area contributed by atoms with Crippen LogP contribution in [0.15, 0.2) is 291 Å². The van der Waals surface area contributed by atoms with Crippen molar-refractivity contribution in [1.82, 2.24) is 0 Å². The molecule has 16 aromatic carbocycles. The van der Waals surface area contributed by atoms with E-state index in [1.807, 2.05) is 22.7 Å². The van der Waals surface area contributed by atoms with Crippen LogP contribution in [-0.4, -0.2) is 0 Å². The van der Waals surface area contributed by atoms with Gasteiger partial charge in [0.05, 0.1) is 0 Å². The van der Waals surface area contributed by atoms with Crippen molar-refractivity contribution >= 4 is 138 Å². The Hall–Kier alpha value is -9.96. The van der Waals surface area contributed by atoms with Gasteiger partial charge in [-0.25, -0.2) is 0 Å². The highest BCUT2D eigenvalue weighted by Crippen LogP contribution is 2.50. The first-order valence-electron chi connectivity index (χ1n) is 28.2. The molecule has 18 aromatic rings. The van der Waals surface area contributed by atoms with Gasteiger partial charge < -0.3 is 0 Å². The minimum atomic E-state index is 1.24. The molecule has 82 heavy (non-hydrogen) atoms. The summed E-state index contributed by atoms with van der Waals surface area (Å²) in [6.07, 6.45) is 0. The lowest BCUT2D eigenvalue weighted by Crippen LogP contribution is -1.92. The maximum absolute atomic E-state index is 2.41. The quantitative estimate of drug-likeness (QED) is 0.119. The molecule has 380 valence electrons. The molecule has 0 saturated carbocycles. The zero-order valence-electron chi connectivity index (χ0n) is 44.5. The van der Waals surface area contributed by atoms with Gasteiger partial charge >= 0.3 is 0 Å². The lowest BCUT2D eigenvalue weighted by molar-refractivity contribution is 1.61. The molecule has 0 unspecified atom stereocenters. The molecule has 0 bridgehead atoms. The third-order valence-corrected chi connectivity index (χ3v) is 19.6. The van der Waals surface area contributed by atoms with E-state index < -0.39 is 0 Å². The second-order valence-corrected chi connectivity index (χ2v) is 23.9. The van der Waals surface area contributed by atoms with Gasteiger partial charge in [-0.1, -0.05) is 255 Å². The van der Waals surface area contributed by atoms with Crippen LogP contribution < -0.4 is 0 Å². The molecule has 2 heterocycles. The summed E-state index contributed by atoms with van der Waals surface area (Å²) >= 11 is 3.75. The second kappa shape index (κ2) is 18.8. The molecule has 0 aliphatic carbocycles. The Kier molecular flexibility index (Phi) is 10.8. The van der Waals surface area contributed by atoms with E-state index >= 15 is 0 Å². The van der Waals surface area contributed by atoms with E-state index in [9.17, 15) is 0 Å². The summed E-state index contributed by atoms with van der Waals surface area (Å²) in [5.74, 6) is 0. The van der Waals surface area contributed by atoms with Crippen LogP contribution >= 0.6 is 22.7 Å². The number of thiophene rings is 2. The van der Waals surface area contributed by atoms with E-state index in [1.54, 1.807) is 0 Å². The molecule has 0 radical (unpaired) electrons. The van der Waals surface area contributed by atoms with Crippen molar-refractivity contribution in [3.63, 3.8) is 0 Å². The molecule has 18 rings (SSSR count). The van der Waals surface area contributed by atoms with Crippen LogP contribution in [0.3, 0.4) is 0 Å². The Bertz CT molecular complexity index is 5440. The van der Waals surface area contributed by atoms with Gasteiger partial charge in [-0.05, 0) is 167 Å². The predicted octanol–water partition coefficient (Wildman–Crippen LogP) is 24.0. The highest BCUT2D eigenvalue weighted by molar-refractivity contribution is 7.26. The number of benzene rings is 16. The Labute approximate surface area is 482 Å². The Morgan fingerprint density at radius 2 is 0.512 bits per heavy atom. The maximum atomic E-state index is 2.41. The van der Waals surface area contributed by atoms with Crippen LogP contribution in [0.1, 0.15) is 0 Å². The number of fused-ring (bicyclic) bond motifs is 10. The molecule has 0 aliphatic heterocycles. The van der Waals surface area contributed by atoms with E-state index in [-0.39, 0.29) is 0 Å². The first kappa shape index (κ1) is 46.9. The van der Waals surface area contributed by atoms with Crippen LogP contribution in [-0.2, 0) is 0 Å². The molecule has 0 amide bonds. The summed E-state index contributed by atoms with van der Waals surface area (Å²) < 4.78 is 5.36. The van der Waals surface area contributed by atoms with Crippen molar-refractivity contribution in [2.24, 2.45) is 0 Å². The van der Waals surface area contributed by atoms with Crippen LogP contribution in [0.4, 0.5) is 0 Å². The van der Waals surface area contributed by atoms with Crippen LogP contribution in [0.5, 0.6) is 0 Å². The number of hydrogen-bond donors (Lipinski definition) is 0. The molecule has 0 fully saturated rings. The zero-order chi connectivity index (χ0) is 53.8. The van der Waals surface area contributed by atoms with Crippen molar-refractivity contribution in [3.05, 3.63) is 291 Å². The molecule has 0 aliphatic rings. The minimum absolute atomic E-state index is 1.24. The van der Waals surface area contributed by atoms with Gasteiger partial charge in [0.15, 0.2) is 0 Å². The van der Waals surface area contributed by atoms with Gasteiger partial charge in [-0.2, -0.15) is 0 Å². The largest absolute Gasteiger partial charge is 0.135 e. The van der Waals surface area contributed by atoms with Gasteiger partial charge in [0, 0.05) is 40.3 Å². The van der Waals surface area contributed by atoms with Gasteiger partial charge in [-0.15, -0.1) is 22.7 Å². The van der Waals surface area contributed by atoms with Crippen molar-refractivity contribution in [3.8, 4) is 55.6 Å². The molecule has 2 heteroatoms. The molecule has 0 saturated heterocycles. The van der Waals surface area contributed by atoms with Gasteiger partial charge in [0.2, 0.25) is 0 Å². The molecule has 2 aromatic heterocycles. The van der Waals surface area contributed by atoms with Crippen molar-refractivity contribution in [1.29, 1.82) is 0 Å². The summed E-state index contributed by atoms with van der Waals surface area (Å²) in [5, 5.41) is 23.6. The van der Waals surface area contributed by atoms with E-state index in [1.165, 1.54) is 171 Å². The van der Waals surface area contributed by atoms with Crippen LogP contribution in [0.2, 0.25) is 0 Å². The fourth-order valence-electron chi connectivity index (χ4n) is 13.7. The second-order valence-electron chi connectivity index (χ2n) is 21.7. The first-order chi connectivity index (χ1) is 40.7. The van der Waals surface area contributed by atoms with Crippen LogP contribution in [0.25, 0.3) is 171 Å². The molecule has 0 nitrogen and oxygen atoms in total. The van der Waals surface area contributed by atoms with Crippen molar-refractivity contribution in [2.75, 3.05) is 0 Å². The fraction of sp³-hybridized carbons (Fsp3) is 0. The Balaban J connectivity index is 0.000000131. The van der Waals surface area contributed by atoms with E-state index in [2.05, 4.69) is 291 Å². The summed E-state index contributed by atoms with van der Waals surface area (Å²) in [6, 6.07) is 108. The molecular formula is C80H48S2. The number of hydrogen-bond acceptors (Lipinski definition) is 2. The van der Waals surface area contributed by atoms with Crippen molar-refractivity contribution in [2.45, 2.75) is 0 Å². The lowest BCUT2D eigenvalue weighted by Gasteiger charge is -2.20. The Morgan fingerprint density at radius 1 is 0.171 bits per heavy atom. The summed E-state index contributed by atoms with van der Waals surface area (Å²) in [4.78, 5) is 0. The SMILES string of the molecule is c1cc2ccc3ccc(-c4c5ccccc5c(-c5ccc6sc7ccccc7c6c5)c5ccccc45)c4ccc(c1)c2c34.c1ccc(-c2ccc(-c3c4ccccc4c(-c4ccc5sc6ccccc6c5c4)c4ccccc34)cc2)cc1. The monoisotopic (exact) mass is 1070 g/mol. The summed E-state index contributed by atoms with van der Waals surface area (Å²) in [7, 11) is 0. The average Bonchev–Trinajstić information content (AvgIpc) is 3.95. The predicted molar refractivity (Wildman–Crippen MR) is 360 cm³/mol. The zero-order valence-corrected chi connectivity index (χ0v) is 46.2. The smallest absolute Gasteiger partial charge is 0.0355 e. The van der Waals surface area contributed by atoms with Gasteiger partial charge in [0.1, 0.15) is 0 Å². The molecule has 0 N–H and O–H groups in total. The highest BCUT2D eigenvalue weighted by atomic mass is 32.1. The fourth-order valence-corrected chi connectivity index (χ4v) is 15.8. The summed E-state index contributed by atoms with van der Waals surface area (Å²) in [5.41, 5.74) is 12.8. The highest BCUT2D eigenvalue weighted by Gasteiger charge is 2.22. The third-order valence-electron chi connectivity index (χ3n) is 17.3. The minimum Gasteiger partial charge on any atom is -0.135 e. The third kappa shape index (κ3) is 7.36. The first-order valence-corrected chi connectivity index (χ1v) is 29.8. The molecular weight excluding hydrogens is 1030 g/mol. The van der Waals surface area contributed by atoms with Gasteiger partial charge in [-0.3, -0.25) is 0 Å². The topological polar surface area (TPSA) is 0 Å². The molecule has 0 atom stereocenters. The van der Waals surface area contributed by atoms with Gasteiger partial charge in [0.25, 0.3) is 0 Å². The number of rotatable bonds is 5. The standard InChI is InChI=1S/C42H24S.C38H24S/c1-3-13-32-30(11-1)40(28-20-23-38-36(24-28)29-10-5-6-15-37(29)43-38)31-12-2-4-14-33(31)42(32)35-22-19-27-17-16-25-8-7-9-26-18-21-34(35)41(27)39(25)26;1-2-10-25(11-3-1)26-18-20-27(21-19-26)37-30-13-4-6-15-32(30)38(33-16-7-5-14-31(33)37)28-22-23-36-34(24-28)29-12-8-9-17-35(29)39-36/h1-24H;1-24H. The van der Waals surface area contributed by atoms with Crippen LogP contribution in [0, 0.1) is 0 Å². The van der Waals surface area contributed by atoms with E-state index in [0.29, 0.717) is 0 Å². The van der Waals surface area contributed by atoms with Crippen molar-refractivity contribution < 1.29 is 0 Å². The van der Waals surface area contributed by atoms with E-state index in [4.69, 9.17) is 0 Å². The lowest BCUT2D eigenvalue weighted by atomic mass is 9.83. The Morgan fingerprint density at radius 3 is 1.00 bits per heavy atom.